The molecule has 0 atom stereocenters. The summed E-state index contributed by atoms with van der Waals surface area (Å²) in [5.41, 5.74) is 1.98. The fourth-order valence-corrected chi connectivity index (χ4v) is 5.45. The van der Waals surface area contributed by atoms with Crippen molar-refractivity contribution < 1.29 is 9.59 Å². The summed E-state index contributed by atoms with van der Waals surface area (Å²) in [6.45, 7) is 7.98. The summed E-state index contributed by atoms with van der Waals surface area (Å²) in [7, 11) is 0. The van der Waals surface area contributed by atoms with Gasteiger partial charge in [0.1, 0.15) is 5.82 Å². The van der Waals surface area contributed by atoms with E-state index in [9.17, 15) is 9.59 Å². The molecule has 178 valence electrons. The Kier molecular flexibility index (Phi) is 6.48. The molecule has 2 saturated heterocycles. The van der Waals surface area contributed by atoms with Crippen LogP contribution in [0.1, 0.15) is 38.2 Å². The van der Waals surface area contributed by atoms with Gasteiger partial charge in [-0.2, -0.15) is 9.61 Å². The molecule has 1 N–H and O–H groups in total. The third kappa shape index (κ3) is 4.43. The van der Waals surface area contributed by atoms with Crippen molar-refractivity contribution in [2.75, 3.05) is 57.3 Å². The van der Waals surface area contributed by atoms with Gasteiger partial charge in [0.25, 0.3) is 0 Å². The molecule has 2 aromatic heterocycles. The Morgan fingerprint density at radius 3 is 2.36 bits per heavy atom. The van der Waals surface area contributed by atoms with Gasteiger partial charge in [0.2, 0.25) is 11.8 Å². The highest BCUT2D eigenvalue weighted by molar-refractivity contribution is 5.83. The summed E-state index contributed by atoms with van der Waals surface area (Å²) in [4.78, 5) is 36.6. The van der Waals surface area contributed by atoms with E-state index in [1.165, 1.54) is 12.8 Å². The number of amides is 2. The number of carbonyl (C=O) groups excluding carboxylic acids is 2. The largest absolute Gasteiger partial charge is 0.354 e. The van der Waals surface area contributed by atoms with E-state index in [0.29, 0.717) is 45.2 Å². The van der Waals surface area contributed by atoms with Crippen molar-refractivity contribution in [1.82, 2.24) is 29.7 Å². The molecular weight excluding hydrogens is 418 g/mol. The Bertz CT molecular complexity index is 986. The van der Waals surface area contributed by atoms with E-state index in [1.54, 1.807) is 6.20 Å². The van der Waals surface area contributed by atoms with E-state index in [4.69, 9.17) is 0 Å². The molecule has 3 fully saturated rings. The Hall–Kier alpha value is -2.68. The Morgan fingerprint density at radius 2 is 1.70 bits per heavy atom. The first-order valence-corrected chi connectivity index (χ1v) is 12.5. The predicted octanol–water partition coefficient (Wildman–Crippen LogP) is 1.18. The third-order valence-corrected chi connectivity index (χ3v) is 7.42. The molecule has 5 rings (SSSR count). The minimum atomic E-state index is 0.00229. The summed E-state index contributed by atoms with van der Waals surface area (Å²) in [5.74, 6) is 1.80. The summed E-state index contributed by atoms with van der Waals surface area (Å²) >= 11 is 0. The molecule has 0 unspecified atom stereocenters. The number of aromatic nitrogens is 3. The maximum absolute atomic E-state index is 13.2. The number of nitrogens with zero attached hydrogens (tertiary/aromatic N) is 6. The molecule has 9 heteroatoms. The van der Waals surface area contributed by atoms with Gasteiger partial charge in [-0.05, 0) is 32.4 Å². The summed E-state index contributed by atoms with van der Waals surface area (Å²) < 4.78 is 1.90. The zero-order chi connectivity index (χ0) is 22.8. The highest BCUT2D eigenvalue weighted by Crippen LogP contribution is 2.30. The van der Waals surface area contributed by atoms with E-state index in [-0.39, 0.29) is 17.7 Å². The average molecular weight is 454 g/mol. The fraction of sp³-hybridized carbons (Fsp3) is 0.667. The molecule has 4 heterocycles. The Morgan fingerprint density at radius 1 is 1.03 bits per heavy atom. The molecule has 2 amide bonds. The van der Waals surface area contributed by atoms with Crippen molar-refractivity contribution in [3.63, 3.8) is 0 Å². The van der Waals surface area contributed by atoms with Gasteiger partial charge in [-0.3, -0.25) is 9.59 Å². The van der Waals surface area contributed by atoms with Crippen LogP contribution in [0.15, 0.2) is 18.5 Å². The second-order valence-electron chi connectivity index (χ2n) is 9.55. The molecule has 0 radical (unpaired) electrons. The smallest absolute Gasteiger partial charge is 0.229 e. The molecule has 0 aromatic carbocycles. The van der Waals surface area contributed by atoms with Gasteiger partial charge < -0.3 is 20.0 Å². The predicted molar refractivity (Wildman–Crippen MR) is 126 cm³/mol. The van der Waals surface area contributed by atoms with Crippen LogP contribution in [0, 0.1) is 11.8 Å². The molecule has 33 heavy (non-hydrogen) atoms. The first-order chi connectivity index (χ1) is 16.2. The Labute approximate surface area is 195 Å². The van der Waals surface area contributed by atoms with E-state index in [1.807, 2.05) is 26.6 Å². The van der Waals surface area contributed by atoms with Crippen LogP contribution in [-0.2, 0) is 16.0 Å². The lowest BCUT2D eigenvalue weighted by atomic mass is 9.97. The number of likely N-dealkylation sites (N-methyl/N-ethyl adjacent to an activating group) is 1. The number of nitrogens with one attached hydrogen (secondary N) is 1. The van der Waals surface area contributed by atoms with Crippen molar-refractivity contribution in [3.05, 3.63) is 24.0 Å². The quantitative estimate of drug-likeness (QED) is 0.634. The van der Waals surface area contributed by atoms with E-state index >= 15 is 0 Å². The second-order valence-corrected chi connectivity index (χ2v) is 9.55. The molecule has 9 nitrogen and oxygen atoms in total. The van der Waals surface area contributed by atoms with Gasteiger partial charge in [-0.15, -0.1) is 0 Å². The van der Waals surface area contributed by atoms with Crippen molar-refractivity contribution in [1.29, 1.82) is 0 Å². The van der Waals surface area contributed by atoms with Crippen molar-refractivity contribution >= 4 is 23.3 Å². The van der Waals surface area contributed by atoms with Gasteiger partial charge in [0.15, 0.2) is 5.65 Å². The monoisotopic (exact) mass is 453 g/mol. The van der Waals surface area contributed by atoms with Crippen LogP contribution in [0.3, 0.4) is 0 Å². The average Bonchev–Trinajstić information content (AvgIpc) is 3.51. The van der Waals surface area contributed by atoms with Crippen molar-refractivity contribution in [2.45, 2.75) is 39.0 Å². The second kappa shape index (κ2) is 9.67. The van der Waals surface area contributed by atoms with Crippen LogP contribution in [0.25, 0.3) is 5.65 Å². The van der Waals surface area contributed by atoms with E-state index in [2.05, 4.69) is 27.2 Å². The van der Waals surface area contributed by atoms with Crippen LogP contribution in [-0.4, -0.2) is 88.6 Å². The molecule has 0 spiro atoms. The number of hydrogen-bond donors (Lipinski definition) is 1. The highest BCUT2D eigenvalue weighted by Gasteiger charge is 2.39. The molecule has 1 saturated carbocycles. The fourth-order valence-electron chi connectivity index (χ4n) is 5.45. The topological polar surface area (TPSA) is 86.1 Å². The minimum absolute atomic E-state index is 0.00229. The Balaban J connectivity index is 1.18. The van der Waals surface area contributed by atoms with Gasteiger partial charge >= 0.3 is 0 Å². The number of anilines is 1. The molecule has 2 aliphatic heterocycles. The SMILES string of the molecule is CCNCCc1cnc2ccnn2c1N1CC(C(=O)N2CCN(C(=O)C3CCCC3)CC2)C1. The maximum Gasteiger partial charge on any atom is 0.229 e. The van der Waals surface area contributed by atoms with Gasteiger partial charge in [0, 0.05) is 63.0 Å². The first kappa shape index (κ1) is 22.1. The van der Waals surface area contributed by atoms with Crippen LogP contribution in [0.2, 0.25) is 0 Å². The summed E-state index contributed by atoms with van der Waals surface area (Å²) in [6.07, 6.45) is 9.00. The number of rotatable bonds is 7. The number of piperazine rings is 1. The molecule has 2 aromatic rings. The standard InChI is InChI=1S/C24H35N7O2/c1-2-25-9-7-19-15-26-21-8-10-27-31(21)22(19)30-16-20(17-30)24(33)29-13-11-28(12-14-29)23(32)18-5-3-4-6-18/h8,10,15,18,20,25H,2-7,9,11-14,16-17H2,1H3. The van der Waals surface area contributed by atoms with E-state index < -0.39 is 0 Å². The summed E-state index contributed by atoms with van der Waals surface area (Å²) in [6, 6.07) is 1.91. The number of fused-ring (bicyclic) bond motifs is 1. The number of carbonyl (C=O) groups is 2. The van der Waals surface area contributed by atoms with Gasteiger partial charge in [-0.1, -0.05) is 19.8 Å². The van der Waals surface area contributed by atoms with Crippen molar-refractivity contribution in [3.8, 4) is 0 Å². The normalized spacial score (nSPS) is 20.0. The minimum Gasteiger partial charge on any atom is -0.354 e. The zero-order valence-electron chi connectivity index (χ0n) is 19.6. The molecule has 3 aliphatic rings. The van der Waals surface area contributed by atoms with Crippen LogP contribution < -0.4 is 10.2 Å². The van der Waals surface area contributed by atoms with Crippen LogP contribution in [0.5, 0.6) is 0 Å². The highest BCUT2D eigenvalue weighted by atomic mass is 16.2. The number of hydrogen-bond acceptors (Lipinski definition) is 6. The molecule has 0 bridgehead atoms. The lowest BCUT2D eigenvalue weighted by Crippen LogP contribution is -2.59. The summed E-state index contributed by atoms with van der Waals surface area (Å²) in [5, 5.41) is 7.86. The van der Waals surface area contributed by atoms with Crippen LogP contribution >= 0.6 is 0 Å². The maximum atomic E-state index is 13.2. The molecular formula is C24H35N7O2. The lowest BCUT2D eigenvalue weighted by molar-refractivity contribution is -0.144. The van der Waals surface area contributed by atoms with Crippen LogP contribution in [0.4, 0.5) is 5.82 Å². The lowest BCUT2D eigenvalue weighted by Gasteiger charge is -2.44. The zero-order valence-corrected chi connectivity index (χ0v) is 19.6. The van der Waals surface area contributed by atoms with Crippen molar-refractivity contribution in [2.24, 2.45) is 11.8 Å². The van der Waals surface area contributed by atoms with Gasteiger partial charge in [-0.25, -0.2) is 4.98 Å². The third-order valence-electron chi connectivity index (χ3n) is 7.42. The van der Waals surface area contributed by atoms with E-state index in [0.717, 1.165) is 49.4 Å². The first-order valence-electron chi connectivity index (χ1n) is 12.5. The van der Waals surface area contributed by atoms with Gasteiger partial charge in [0.05, 0.1) is 12.1 Å². The molecule has 1 aliphatic carbocycles.